The van der Waals surface area contributed by atoms with Gasteiger partial charge in [-0.25, -0.2) is 9.97 Å². The van der Waals surface area contributed by atoms with Crippen LogP contribution < -0.4 is 4.90 Å². The van der Waals surface area contributed by atoms with Crippen LogP contribution in [-0.4, -0.2) is 57.2 Å². The second-order valence-corrected chi connectivity index (χ2v) is 6.07. The molecule has 21 heavy (non-hydrogen) atoms. The van der Waals surface area contributed by atoms with Crippen LogP contribution in [-0.2, 0) is 4.79 Å². The van der Waals surface area contributed by atoms with E-state index in [1.807, 2.05) is 11.8 Å². The van der Waals surface area contributed by atoms with E-state index in [0.29, 0.717) is 19.0 Å². The van der Waals surface area contributed by atoms with Gasteiger partial charge in [0.05, 0.1) is 18.7 Å². The van der Waals surface area contributed by atoms with E-state index in [1.54, 1.807) is 23.4 Å². The number of aliphatic hydroxyl groups is 1. The summed E-state index contributed by atoms with van der Waals surface area (Å²) < 4.78 is 0. The summed E-state index contributed by atoms with van der Waals surface area (Å²) in [7, 11) is 0. The minimum atomic E-state index is -0.670. The van der Waals surface area contributed by atoms with E-state index in [2.05, 4.69) is 9.97 Å². The molecular weight excluding hydrogens is 268 g/mol. The van der Waals surface area contributed by atoms with Crippen molar-refractivity contribution in [1.29, 1.82) is 0 Å². The van der Waals surface area contributed by atoms with Crippen molar-refractivity contribution in [3.05, 3.63) is 18.5 Å². The van der Waals surface area contributed by atoms with Crippen molar-refractivity contribution in [2.75, 3.05) is 24.5 Å². The van der Waals surface area contributed by atoms with Gasteiger partial charge in [0, 0.05) is 18.9 Å². The molecule has 0 aliphatic carbocycles. The maximum atomic E-state index is 12.6. The highest BCUT2D eigenvalue weighted by molar-refractivity contribution is 5.86. The largest absolute Gasteiger partial charge is 0.386 e. The molecule has 1 aromatic rings. The number of anilines is 1. The van der Waals surface area contributed by atoms with Crippen molar-refractivity contribution in [2.24, 2.45) is 0 Å². The molecule has 6 heteroatoms. The van der Waals surface area contributed by atoms with Crippen molar-refractivity contribution in [2.45, 2.75) is 44.2 Å². The zero-order chi connectivity index (χ0) is 14.9. The van der Waals surface area contributed by atoms with Crippen molar-refractivity contribution < 1.29 is 9.90 Å². The molecule has 1 atom stereocenters. The average Bonchev–Trinajstić information content (AvgIpc) is 2.94. The van der Waals surface area contributed by atoms with Gasteiger partial charge in [-0.15, -0.1) is 0 Å². The normalized spacial score (nSPS) is 24.0. The Balaban J connectivity index is 1.65. The Bertz CT molecular complexity index is 502. The second-order valence-electron chi connectivity index (χ2n) is 6.07. The first-order valence-corrected chi connectivity index (χ1v) is 7.68. The lowest BCUT2D eigenvalue weighted by Gasteiger charge is -2.48. The molecule has 0 aromatic carbocycles. The number of hydrogen-bond acceptors (Lipinski definition) is 5. The number of carbonyl (C=O) groups is 1. The van der Waals surface area contributed by atoms with Crippen molar-refractivity contribution in [3.63, 3.8) is 0 Å². The fraction of sp³-hybridized carbons (Fsp3) is 0.667. The van der Waals surface area contributed by atoms with E-state index >= 15 is 0 Å². The minimum Gasteiger partial charge on any atom is -0.386 e. The van der Waals surface area contributed by atoms with Gasteiger partial charge >= 0.3 is 0 Å². The van der Waals surface area contributed by atoms with Gasteiger partial charge in [0.2, 0.25) is 11.9 Å². The van der Waals surface area contributed by atoms with Gasteiger partial charge in [0.25, 0.3) is 0 Å². The highest BCUT2D eigenvalue weighted by Gasteiger charge is 2.46. The Labute approximate surface area is 124 Å². The van der Waals surface area contributed by atoms with E-state index in [0.717, 1.165) is 32.2 Å². The third-order valence-electron chi connectivity index (χ3n) is 4.34. The number of nitrogens with zero attached hydrogens (tertiary/aromatic N) is 4. The first-order valence-electron chi connectivity index (χ1n) is 7.68. The lowest BCUT2D eigenvalue weighted by Crippen LogP contribution is -2.66. The van der Waals surface area contributed by atoms with E-state index in [9.17, 15) is 9.90 Å². The monoisotopic (exact) mass is 290 g/mol. The Hall–Kier alpha value is -1.69. The predicted octanol–water partition coefficient (Wildman–Crippen LogP) is 0.819. The summed E-state index contributed by atoms with van der Waals surface area (Å²) >= 11 is 0. The Morgan fingerprint density at radius 3 is 2.81 bits per heavy atom. The van der Waals surface area contributed by atoms with Gasteiger partial charge in [0.15, 0.2) is 0 Å². The topological polar surface area (TPSA) is 69.6 Å². The Morgan fingerprint density at radius 1 is 1.43 bits per heavy atom. The number of likely N-dealkylation sites (tertiary alicyclic amines) is 1. The Morgan fingerprint density at radius 2 is 2.14 bits per heavy atom. The first kappa shape index (κ1) is 14.3. The van der Waals surface area contributed by atoms with Gasteiger partial charge in [-0.05, 0) is 25.3 Å². The quantitative estimate of drug-likeness (QED) is 0.889. The van der Waals surface area contributed by atoms with Crippen LogP contribution >= 0.6 is 0 Å². The van der Waals surface area contributed by atoms with E-state index < -0.39 is 5.60 Å². The highest BCUT2D eigenvalue weighted by Crippen LogP contribution is 2.30. The van der Waals surface area contributed by atoms with Crippen LogP contribution in [0.15, 0.2) is 18.5 Å². The number of rotatable bonds is 4. The molecule has 1 amide bonds. The minimum absolute atomic E-state index is 0.0979. The summed E-state index contributed by atoms with van der Waals surface area (Å²) in [4.78, 5) is 24.9. The SMILES string of the molecule is CCCC1(O)CN(C(=O)C2CCCN2c2ncccn2)C1. The summed E-state index contributed by atoms with van der Waals surface area (Å²) in [6.07, 6.45) is 6.90. The van der Waals surface area contributed by atoms with E-state index in [-0.39, 0.29) is 11.9 Å². The van der Waals surface area contributed by atoms with Crippen LogP contribution in [0, 0.1) is 0 Å². The van der Waals surface area contributed by atoms with E-state index in [4.69, 9.17) is 0 Å². The molecule has 2 saturated heterocycles. The first-order chi connectivity index (χ1) is 10.1. The number of amides is 1. The van der Waals surface area contributed by atoms with Crippen LogP contribution in [0.2, 0.25) is 0 Å². The van der Waals surface area contributed by atoms with Crippen molar-refractivity contribution in [1.82, 2.24) is 14.9 Å². The standard InChI is InChI=1S/C15H22N4O2/c1-2-6-15(21)10-18(11-15)13(20)12-5-3-9-19(12)14-16-7-4-8-17-14/h4,7-8,12,21H,2-3,5-6,9-11H2,1H3. The van der Waals surface area contributed by atoms with E-state index in [1.165, 1.54) is 0 Å². The number of aromatic nitrogens is 2. The molecule has 1 aromatic heterocycles. The summed E-state index contributed by atoms with van der Waals surface area (Å²) in [6, 6.07) is 1.59. The summed E-state index contributed by atoms with van der Waals surface area (Å²) in [5.41, 5.74) is -0.670. The molecule has 0 radical (unpaired) electrons. The van der Waals surface area contributed by atoms with Gasteiger partial charge in [-0.2, -0.15) is 0 Å². The molecule has 0 saturated carbocycles. The third-order valence-corrected chi connectivity index (χ3v) is 4.34. The van der Waals surface area contributed by atoms with Gasteiger partial charge < -0.3 is 14.9 Å². The second kappa shape index (κ2) is 5.60. The van der Waals surface area contributed by atoms with Crippen LogP contribution in [0.3, 0.4) is 0 Å². The van der Waals surface area contributed by atoms with Gasteiger partial charge in [0.1, 0.15) is 6.04 Å². The lowest BCUT2D eigenvalue weighted by atomic mass is 9.88. The highest BCUT2D eigenvalue weighted by atomic mass is 16.3. The molecule has 6 nitrogen and oxygen atoms in total. The molecule has 114 valence electrons. The lowest BCUT2D eigenvalue weighted by molar-refractivity contribution is -0.157. The van der Waals surface area contributed by atoms with Crippen LogP contribution in [0.25, 0.3) is 0 Å². The molecule has 2 fully saturated rings. The molecule has 3 rings (SSSR count). The third kappa shape index (κ3) is 2.72. The summed E-state index contributed by atoms with van der Waals surface area (Å²) in [6.45, 7) is 3.78. The van der Waals surface area contributed by atoms with Crippen LogP contribution in [0.1, 0.15) is 32.6 Å². The maximum absolute atomic E-state index is 12.6. The van der Waals surface area contributed by atoms with Crippen molar-refractivity contribution in [3.8, 4) is 0 Å². The summed E-state index contributed by atoms with van der Waals surface area (Å²) in [5.74, 6) is 0.721. The molecule has 2 aliphatic rings. The van der Waals surface area contributed by atoms with Gasteiger partial charge in [-0.3, -0.25) is 4.79 Å². The zero-order valence-corrected chi connectivity index (χ0v) is 12.4. The number of β-amino-alcohol motifs (C(OH)–C–C–N with tert-alkyl or cyclic N) is 1. The fourth-order valence-electron chi connectivity index (χ4n) is 3.36. The molecular formula is C15H22N4O2. The molecule has 1 N–H and O–H groups in total. The molecule has 1 unspecified atom stereocenters. The molecule has 3 heterocycles. The number of carbonyl (C=O) groups excluding carboxylic acids is 1. The van der Waals surface area contributed by atoms with Gasteiger partial charge in [-0.1, -0.05) is 13.3 Å². The smallest absolute Gasteiger partial charge is 0.245 e. The fourth-order valence-corrected chi connectivity index (χ4v) is 3.36. The molecule has 0 bridgehead atoms. The zero-order valence-electron chi connectivity index (χ0n) is 12.4. The molecule has 0 spiro atoms. The summed E-state index contributed by atoms with van der Waals surface area (Å²) in [5, 5.41) is 10.2. The van der Waals surface area contributed by atoms with Crippen molar-refractivity contribution >= 4 is 11.9 Å². The molecule has 2 aliphatic heterocycles. The number of hydrogen-bond donors (Lipinski definition) is 1. The van der Waals surface area contributed by atoms with Crippen LogP contribution in [0.5, 0.6) is 0 Å². The Kier molecular flexibility index (Phi) is 3.80. The van der Waals surface area contributed by atoms with Crippen LogP contribution in [0.4, 0.5) is 5.95 Å². The maximum Gasteiger partial charge on any atom is 0.245 e. The average molecular weight is 290 g/mol. The predicted molar refractivity (Wildman–Crippen MR) is 78.8 cm³/mol.